The van der Waals surface area contributed by atoms with Crippen molar-refractivity contribution in [3.05, 3.63) is 48.0 Å². The second kappa shape index (κ2) is 4.06. The summed E-state index contributed by atoms with van der Waals surface area (Å²) in [7, 11) is 0. The van der Waals surface area contributed by atoms with Crippen LogP contribution < -0.4 is 4.74 Å². The van der Waals surface area contributed by atoms with Crippen LogP contribution in [0.1, 0.15) is 26.3 Å². The minimum absolute atomic E-state index is 0.173. The van der Waals surface area contributed by atoms with Gasteiger partial charge in [0.25, 0.3) is 0 Å². The standard InChI is InChI=1S/C16H16OS/c1-16(2,3)11-8-9-13-15(10-11)18-14-7-5-4-6-12(14)17-13/h4-10H,1-3H3. The fraction of sp³-hybridized carbons (Fsp3) is 0.250. The summed E-state index contributed by atoms with van der Waals surface area (Å²) in [5.41, 5.74) is 1.52. The van der Waals surface area contributed by atoms with Crippen LogP contribution in [0.3, 0.4) is 0 Å². The lowest BCUT2D eigenvalue weighted by atomic mass is 9.87. The quantitative estimate of drug-likeness (QED) is 0.544. The van der Waals surface area contributed by atoms with Crippen LogP contribution in [0.5, 0.6) is 11.5 Å². The first kappa shape index (κ1) is 11.7. The maximum atomic E-state index is 5.92. The first-order valence-electron chi connectivity index (χ1n) is 6.13. The molecule has 0 atom stereocenters. The van der Waals surface area contributed by atoms with E-state index in [4.69, 9.17) is 4.74 Å². The maximum Gasteiger partial charge on any atom is 0.141 e. The molecule has 92 valence electrons. The number of hydrogen-bond donors (Lipinski definition) is 0. The van der Waals surface area contributed by atoms with Crippen LogP contribution in [0.2, 0.25) is 0 Å². The molecule has 0 fully saturated rings. The molecule has 0 unspecified atom stereocenters. The van der Waals surface area contributed by atoms with E-state index in [0.717, 1.165) is 11.5 Å². The van der Waals surface area contributed by atoms with Gasteiger partial charge < -0.3 is 4.74 Å². The van der Waals surface area contributed by atoms with Crippen molar-refractivity contribution in [3.8, 4) is 11.5 Å². The summed E-state index contributed by atoms with van der Waals surface area (Å²) in [6.45, 7) is 6.70. The predicted molar refractivity (Wildman–Crippen MR) is 75.8 cm³/mol. The molecule has 1 aliphatic rings. The second-order valence-corrected chi connectivity index (χ2v) is 6.65. The van der Waals surface area contributed by atoms with Gasteiger partial charge in [-0.3, -0.25) is 0 Å². The Morgan fingerprint density at radius 2 is 1.61 bits per heavy atom. The molecule has 0 saturated carbocycles. The smallest absolute Gasteiger partial charge is 0.141 e. The minimum atomic E-state index is 0.173. The van der Waals surface area contributed by atoms with Gasteiger partial charge in [0.2, 0.25) is 0 Å². The largest absolute Gasteiger partial charge is 0.455 e. The molecule has 2 aromatic carbocycles. The summed E-state index contributed by atoms with van der Waals surface area (Å²) < 4.78 is 5.92. The summed E-state index contributed by atoms with van der Waals surface area (Å²) in [6, 6.07) is 14.7. The van der Waals surface area contributed by atoms with Gasteiger partial charge in [0.1, 0.15) is 11.5 Å². The number of ether oxygens (including phenoxy) is 1. The Bertz CT molecular complexity index is 596. The molecule has 0 radical (unpaired) electrons. The van der Waals surface area contributed by atoms with Gasteiger partial charge in [0.15, 0.2) is 0 Å². The van der Waals surface area contributed by atoms with E-state index in [1.165, 1.54) is 15.4 Å². The van der Waals surface area contributed by atoms with Crippen LogP contribution in [0, 0.1) is 0 Å². The summed E-state index contributed by atoms with van der Waals surface area (Å²) in [4.78, 5) is 2.40. The normalized spacial score (nSPS) is 13.5. The van der Waals surface area contributed by atoms with Gasteiger partial charge in [-0.1, -0.05) is 50.7 Å². The van der Waals surface area contributed by atoms with Gasteiger partial charge in [0, 0.05) is 0 Å². The van der Waals surface area contributed by atoms with Crippen LogP contribution in [0.25, 0.3) is 0 Å². The van der Waals surface area contributed by atoms with Gasteiger partial charge in [-0.25, -0.2) is 0 Å². The molecule has 0 N–H and O–H groups in total. The second-order valence-electron chi connectivity index (χ2n) is 5.56. The van der Waals surface area contributed by atoms with Crippen molar-refractivity contribution in [2.75, 3.05) is 0 Å². The van der Waals surface area contributed by atoms with Crippen LogP contribution >= 0.6 is 11.8 Å². The Balaban J connectivity index is 2.04. The van der Waals surface area contributed by atoms with Crippen molar-refractivity contribution in [3.63, 3.8) is 0 Å². The Morgan fingerprint density at radius 1 is 0.889 bits per heavy atom. The van der Waals surface area contributed by atoms with Crippen LogP contribution in [0.15, 0.2) is 52.3 Å². The first-order valence-corrected chi connectivity index (χ1v) is 6.95. The Hall–Kier alpha value is -1.41. The van der Waals surface area contributed by atoms with Crippen molar-refractivity contribution in [2.45, 2.75) is 36.0 Å². The highest BCUT2D eigenvalue weighted by molar-refractivity contribution is 7.99. The van der Waals surface area contributed by atoms with E-state index >= 15 is 0 Å². The molecule has 3 rings (SSSR count). The number of hydrogen-bond acceptors (Lipinski definition) is 2. The molecule has 1 nitrogen and oxygen atoms in total. The zero-order chi connectivity index (χ0) is 12.8. The van der Waals surface area contributed by atoms with Crippen LogP contribution in [0.4, 0.5) is 0 Å². The van der Waals surface area contributed by atoms with Crippen LogP contribution in [-0.4, -0.2) is 0 Å². The Labute approximate surface area is 112 Å². The van der Waals surface area contributed by atoms with E-state index in [1.807, 2.05) is 18.2 Å². The molecule has 0 amide bonds. The molecule has 2 aromatic rings. The third kappa shape index (κ3) is 2.01. The zero-order valence-corrected chi connectivity index (χ0v) is 11.7. The van der Waals surface area contributed by atoms with Gasteiger partial charge in [-0.2, -0.15) is 0 Å². The Morgan fingerprint density at radius 3 is 2.39 bits per heavy atom. The highest BCUT2D eigenvalue weighted by Crippen LogP contribution is 2.47. The number of para-hydroxylation sites is 1. The van der Waals surface area contributed by atoms with Crippen molar-refractivity contribution < 1.29 is 4.74 Å². The first-order chi connectivity index (χ1) is 8.54. The van der Waals surface area contributed by atoms with E-state index in [9.17, 15) is 0 Å². The van der Waals surface area contributed by atoms with Crippen molar-refractivity contribution in [2.24, 2.45) is 0 Å². The molecule has 18 heavy (non-hydrogen) atoms. The van der Waals surface area contributed by atoms with E-state index in [2.05, 4.69) is 45.0 Å². The van der Waals surface area contributed by atoms with Crippen molar-refractivity contribution in [1.82, 2.24) is 0 Å². The highest BCUT2D eigenvalue weighted by Gasteiger charge is 2.20. The third-order valence-corrected chi connectivity index (χ3v) is 4.19. The van der Waals surface area contributed by atoms with E-state index < -0.39 is 0 Å². The fourth-order valence-corrected chi connectivity index (χ4v) is 2.98. The summed E-state index contributed by atoms with van der Waals surface area (Å²) >= 11 is 1.79. The molecule has 1 aliphatic heterocycles. The lowest BCUT2D eigenvalue weighted by molar-refractivity contribution is 0.453. The van der Waals surface area contributed by atoms with Gasteiger partial charge >= 0.3 is 0 Å². The molecule has 0 spiro atoms. The average Bonchev–Trinajstić information content (AvgIpc) is 2.34. The Kier molecular flexibility index (Phi) is 2.63. The topological polar surface area (TPSA) is 9.23 Å². The van der Waals surface area contributed by atoms with Crippen molar-refractivity contribution in [1.29, 1.82) is 0 Å². The summed E-state index contributed by atoms with van der Waals surface area (Å²) in [5.74, 6) is 1.92. The average molecular weight is 256 g/mol. The fourth-order valence-electron chi connectivity index (χ4n) is 1.99. The highest BCUT2D eigenvalue weighted by atomic mass is 32.2. The van der Waals surface area contributed by atoms with E-state index in [0.29, 0.717) is 0 Å². The predicted octanol–water partition coefficient (Wildman–Crippen LogP) is 5.24. The molecule has 1 heterocycles. The molecule has 0 bridgehead atoms. The molecule has 0 aromatic heterocycles. The van der Waals surface area contributed by atoms with Gasteiger partial charge in [-0.05, 0) is 35.2 Å². The summed E-state index contributed by atoms with van der Waals surface area (Å²) in [5, 5.41) is 0. The number of fused-ring (bicyclic) bond motifs is 2. The van der Waals surface area contributed by atoms with Crippen molar-refractivity contribution >= 4 is 11.8 Å². The minimum Gasteiger partial charge on any atom is -0.455 e. The van der Waals surface area contributed by atoms with E-state index in [1.54, 1.807) is 11.8 Å². The molecular weight excluding hydrogens is 240 g/mol. The number of benzene rings is 2. The van der Waals surface area contributed by atoms with Gasteiger partial charge in [-0.15, -0.1) is 0 Å². The lowest BCUT2D eigenvalue weighted by Gasteiger charge is -2.24. The molecule has 0 saturated heterocycles. The monoisotopic (exact) mass is 256 g/mol. The molecule has 2 heteroatoms. The van der Waals surface area contributed by atoms with Crippen LogP contribution in [-0.2, 0) is 5.41 Å². The van der Waals surface area contributed by atoms with E-state index in [-0.39, 0.29) is 5.41 Å². The molecule has 0 aliphatic carbocycles. The zero-order valence-electron chi connectivity index (χ0n) is 10.9. The maximum absolute atomic E-state index is 5.92. The lowest BCUT2D eigenvalue weighted by Crippen LogP contribution is -2.11. The number of rotatable bonds is 0. The SMILES string of the molecule is CC(C)(C)c1ccc2c(c1)Sc1ccccc1O2. The van der Waals surface area contributed by atoms with Gasteiger partial charge in [0.05, 0.1) is 9.79 Å². The summed E-state index contributed by atoms with van der Waals surface area (Å²) in [6.07, 6.45) is 0. The molecular formula is C16H16OS. The third-order valence-electron chi connectivity index (χ3n) is 3.10.